The van der Waals surface area contributed by atoms with Gasteiger partial charge in [-0.3, -0.25) is 0 Å². The number of hydrogen-bond acceptors (Lipinski definition) is 4. The Morgan fingerprint density at radius 2 is 2.06 bits per heavy atom. The predicted molar refractivity (Wildman–Crippen MR) is 67.5 cm³/mol. The molecule has 2 aliphatic rings. The lowest BCUT2D eigenvalue weighted by Crippen LogP contribution is -2.16. The molecule has 94 valence electrons. The van der Waals surface area contributed by atoms with Crippen LogP contribution in [0.4, 0.5) is 0 Å². The fourth-order valence-electron chi connectivity index (χ4n) is 2.35. The van der Waals surface area contributed by atoms with Crippen LogP contribution in [0.15, 0.2) is 16.6 Å². The first-order valence-corrected chi connectivity index (χ1v) is 6.69. The summed E-state index contributed by atoms with van der Waals surface area (Å²) >= 11 is 3.48. The maximum Gasteiger partial charge on any atom is 0.175 e. The van der Waals surface area contributed by atoms with E-state index in [0.717, 1.165) is 28.0 Å². The quantitative estimate of drug-likeness (QED) is 0.800. The molecule has 0 aliphatic carbocycles. The van der Waals surface area contributed by atoms with E-state index in [1.54, 1.807) is 0 Å². The summed E-state index contributed by atoms with van der Waals surface area (Å²) in [6.07, 6.45) is 0.620. The van der Waals surface area contributed by atoms with Crippen LogP contribution >= 0.6 is 15.9 Å². The molecular weight excluding hydrogens is 298 g/mol. The van der Waals surface area contributed by atoms with Crippen LogP contribution in [-0.4, -0.2) is 19.8 Å². The summed E-state index contributed by atoms with van der Waals surface area (Å²) in [6, 6.07) is 6.17. The van der Waals surface area contributed by atoms with Crippen LogP contribution in [0.3, 0.4) is 0 Å². The van der Waals surface area contributed by atoms with Gasteiger partial charge in [-0.1, -0.05) is 0 Å². The third-order valence-corrected chi connectivity index (χ3v) is 3.79. The van der Waals surface area contributed by atoms with Crippen molar-refractivity contribution >= 4 is 15.9 Å². The number of nitrogens with zero attached hydrogens (tertiary/aromatic N) is 1. The van der Waals surface area contributed by atoms with Crippen molar-refractivity contribution < 1.29 is 14.2 Å². The summed E-state index contributed by atoms with van der Waals surface area (Å²) in [5.74, 6) is 1.37. The van der Waals surface area contributed by atoms with Crippen molar-refractivity contribution in [3.8, 4) is 17.6 Å². The van der Waals surface area contributed by atoms with E-state index in [2.05, 4.69) is 22.0 Å². The van der Waals surface area contributed by atoms with Crippen molar-refractivity contribution in [1.82, 2.24) is 0 Å². The summed E-state index contributed by atoms with van der Waals surface area (Å²) in [5, 5.41) is 9.11. The van der Waals surface area contributed by atoms with Gasteiger partial charge in [0.2, 0.25) is 0 Å². The molecule has 1 aromatic rings. The highest BCUT2D eigenvalue weighted by molar-refractivity contribution is 9.10. The molecule has 0 saturated carbocycles. The molecule has 1 aromatic carbocycles. The van der Waals surface area contributed by atoms with Gasteiger partial charge in [-0.25, -0.2) is 0 Å². The van der Waals surface area contributed by atoms with Gasteiger partial charge in [-0.15, -0.1) is 0 Å². The van der Waals surface area contributed by atoms with Crippen LogP contribution in [0.25, 0.3) is 0 Å². The normalized spacial score (nSPS) is 25.8. The molecule has 2 heterocycles. The van der Waals surface area contributed by atoms with Gasteiger partial charge in [0.05, 0.1) is 22.6 Å². The minimum atomic E-state index is -0.165. The van der Waals surface area contributed by atoms with Gasteiger partial charge in [-0.2, -0.15) is 5.26 Å². The van der Waals surface area contributed by atoms with Crippen LogP contribution in [-0.2, 0) is 4.74 Å². The summed E-state index contributed by atoms with van der Waals surface area (Å²) in [4.78, 5) is 0. The van der Waals surface area contributed by atoms with E-state index in [-0.39, 0.29) is 12.0 Å². The number of rotatable bonds is 1. The van der Waals surface area contributed by atoms with Crippen molar-refractivity contribution in [3.63, 3.8) is 0 Å². The number of fused-ring (bicyclic) bond motifs is 1. The topological polar surface area (TPSA) is 51.5 Å². The maximum absolute atomic E-state index is 9.11. The maximum atomic E-state index is 9.11. The molecule has 2 atom stereocenters. The molecule has 0 amide bonds. The van der Waals surface area contributed by atoms with Gasteiger partial charge in [0.15, 0.2) is 11.5 Å². The Morgan fingerprint density at radius 3 is 2.89 bits per heavy atom. The second-order valence-corrected chi connectivity index (χ2v) is 5.20. The van der Waals surface area contributed by atoms with Crippen molar-refractivity contribution in [2.24, 2.45) is 5.92 Å². The monoisotopic (exact) mass is 309 g/mol. The first-order chi connectivity index (χ1) is 8.79. The van der Waals surface area contributed by atoms with Gasteiger partial charge < -0.3 is 14.2 Å². The zero-order valence-electron chi connectivity index (χ0n) is 9.69. The molecule has 1 saturated heterocycles. The Bertz CT molecular complexity index is 512. The van der Waals surface area contributed by atoms with Crippen LogP contribution < -0.4 is 9.47 Å². The van der Waals surface area contributed by atoms with E-state index in [4.69, 9.17) is 19.5 Å². The molecule has 5 heteroatoms. The van der Waals surface area contributed by atoms with E-state index in [1.165, 1.54) is 0 Å². The third-order valence-electron chi connectivity index (χ3n) is 3.21. The van der Waals surface area contributed by atoms with Gasteiger partial charge in [0.25, 0.3) is 0 Å². The Balaban J connectivity index is 1.98. The Hall–Kier alpha value is -1.25. The number of benzene rings is 1. The van der Waals surface area contributed by atoms with Crippen molar-refractivity contribution in [2.45, 2.75) is 12.5 Å². The molecule has 0 radical (unpaired) electrons. The molecule has 2 unspecified atom stereocenters. The predicted octanol–water partition coefficient (Wildman–Crippen LogP) is 2.82. The fourth-order valence-corrected chi connectivity index (χ4v) is 2.92. The van der Waals surface area contributed by atoms with Gasteiger partial charge in [-0.05, 0) is 40.0 Å². The SMILES string of the molecule is N#CC1CCOC1c1cc(Br)c2c(c1)OCCO2. The second-order valence-electron chi connectivity index (χ2n) is 4.34. The minimum Gasteiger partial charge on any atom is -0.486 e. The van der Waals surface area contributed by atoms with E-state index in [0.29, 0.717) is 19.8 Å². The third kappa shape index (κ3) is 1.96. The van der Waals surface area contributed by atoms with Gasteiger partial charge in [0.1, 0.15) is 13.2 Å². The average Bonchev–Trinajstić information content (AvgIpc) is 2.87. The highest BCUT2D eigenvalue weighted by atomic mass is 79.9. The van der Waals surface area contributed by atoms with Gasteiger partial charge >= 0.3 is 0 Å². The standard InChI is InChI=1S/C13H12BrNO3/c14-10-5-9(12-8(7-15)1-2-17-12)6-11-13(10)18-4-3-16-11/h5-6,8,12H,1-4H2. The molecule has 18 heavy (non-hydrogen) atoms. The van der Waals surface area contributed by atoms with Crippen molar-refractivity contribution in [3.05, 3.63) is 22.2 Å². The van der Waals surface area contributed by atoms with E-state index >= 15 is 0 Å². The van der Waals surface area contributed by atoms with Crippen LogP contribution in [0.2, 0.25) is 0 Å². The van der Waals surface area contributed by atoms with E-state index < -0.39 is 0 Å². The van der Waals surface area contributed by atoms with E-state index in [9.17, 15) is 0 Å². The molecule has 0 spiro atoms. The molecule has 0 N–H and O–H groups in total. The first-order valence-electron chi connectivity index (χ1n) is 5.90. The number of halogens is 1. The summed E-state index contributed by atoms with van der Waals surface area (Å²) < 4.78 is 17.6. The lowest BCUT2D eigenvalue weighted by molar-refractivity contribution is 0.0997. The molecular formula is C13H12BrNO3. The van der Waals surface area contributed by atoms with Crippen molar-refractivity contribution in [1.29, 1.82) is 5.26 Å². The first kappa shape index (κ1) is 11.8. The smallest absolute Gasteiger partial charge is 0.175 e. The van der Waals surface area contributed by atoms with Crippen LogP contribution in [0, 0.1) is 17.2 Å². The Morgan fingerprint density at radius 1 is 1.22 bits per heavy atom. The fraction of sp³-hybridized carbons (Fsp3) is 0.462. The highest BCUT2D eigenvalue weighted by Gasteiger charge is 2.31. The lowest BCUT2D eigenvalue weighted by Gasteiger charge is -2.22. The summed E-state index contributed by atoms with van der Waals surface area (Å²) in [7, 11) is 0. The van der Waals surface area contributed by atoms with Crippen LogP contribution in [0.5, 0.6) is 11.5 Å². The highest BCUT2D eigenvalue weighted by Crippen LogP contribution is 2.43. The number of hydrogen-bond donors (Lipinski definition) is 0. The minimum absolute atomic E-state index is 0.0838. The van der Waals surface area contributed by atoms with E-state index in [1.807, 2.05) is 12.1 Å². The largest absolute Gasteiger partial charge is 0.486 e. The van der Waals surface area contributed by atoms with Crippen molar-refractivity contribution in [2.75, 3.05) is 19.8 Å². The van der Waals surface area contributed by atoms with Gasteiger partial charge in [0, 0.05) is 6.61 Å². The molecule has 4 nitrogen and oxygen atoms in total. The second kappa shape index (κ2) is 4.79. The molecule has 3 rings (SSSR count). The summed E-state index contributed by atoms with van der Waals surface area (Å²) in [6.45, 7) is 1.75. The van der Waals surface area contributed by atoms with Crippen LogP contribution in [0.1, 0.15) is 18.1 Å². The Labute approximate surface area is 114 Å². The molecule has 2 aliphatic heterocycles. The lowest BCUT2D eigenvalue weighted by atomic mass is 9.96. The summed E-state index contributed by atoms with van der Waals surface area (Å²) in [5.41, 5.74) is 0.968. The zero-order valence-corrected chi connectivity index (χ0v) is 11.3. The molecule has 0 aromatic heterocycles. The average molecular weight is 310 g/mol. The Kier molecular flexibility index (Phi) is 3.14. The zero-order chi connectivity index (χ0) is 12.5. The molecule has 0 bridgehead atoms. The number of nitriles is 1. The molecule has 1 fully saturated rings. The number of ether oxygens (including phenoxy) is 3.